The molecule has 1 saturated carbocycles. The van der Waals surface area contributed by atoms with Crippen LogP contribution in [-0.2, 0) is 19.0 Å². The molecular weight excluding hydrogens is 184 g/mol. The maximum absolute atomic E-state index is 11.4. The minimum Gasteiger partial charge on any atom is -0.462 e. The number of carbonyl (C=O) groups is 1. The van der Waals surface area contributed by atoms with E-state index in [-0.39, 0.29) is 24.1 Å². The van der Waals surface area contributed by atoms with Crippen molar-refractivity contribution in [1.82, 2.24) is 0 Å². The number of rotatable bonds is 3. The minimum atomic E-state index is -0.0500. The highest BCUT2D eigenvalue weighted by Gasteiger charge is 2.49. The number of hydrogen-bond acceptors (Lipinski definition) is 4. The summed E-state index contributed by atoms with van der Waals surface area (Å²) in [5, 5.41) is 0. The number of hydrogen-bond donors (Lipinski definition) is 0. The van der Waals surface area contributed by atoms with Crippen molar-refractivity contribution in [3.05, 3.63) is 0 Å². The molecule has 2 rings (SSSR count). The largest absolute Gasteiger partial charge is 0.462 e. The van der Waals surface area contributed by atoms with Gasteiger partial charge in [0.1, 0.15) is 12.9 Å². The van der Waals surface area contributed by atoms with Gasteiger partial charge in [-0.3, -0.25) is 4.79 Å². The number of ether oxygens (including phenoxy) is 3. The summed E-state index contributed by atoms with van der Waals surface area (Å²) >= 11 is 0. The third kappa shape index (κ3) is 1.64. The molecule has 0 aromatic carbocycles. The Labute approximate surface area is 83.5 Å². The zero-order valence-electron chi connectivity index (χ0n) is 8.56. The topological polar surface area (TPSA) is 44.8 Å². The molecule has 1 aliphatic carbocycles. The van der Waals surface area contributed by atoms with Gasteiger partial charge in [-0.1, -0.05) is 0 Å². The Morgan fingerprint density at radius 1 is 1.50 bits per heavy atom. The standard InChI is InChI=1S/C10H16O4/c1-6-8-3-7(13-5-12-2)4-9(8)10(11)14-6/h6-9H,3-5H2,1-2H3. The van der Waals surface area contributed by atoms with Gasteiger partial charge in [-0.05, 0) is 19.8 Å². The van der Waals surface area contributed by atoms with Crippen molar-refractivity contribution in [2.75, 3.05) is 13.9 Å². The fraction of sp³-hybridized carbons (Fsp3) is 0.900. The molecule has 0 bridgehead atoms. The first-order valence-electron chi connectivity index (χ1n) is 5.03. The molecule has 0 aromatic rings. The van der Waals surface area contributed by atoms with Crippen molar-refractivity contribution in [3.8, 4) is 0 Å². The van der Waals surface area contributed by atoms with Gasteiger partial charge in [0.25, 0.3) is 0 Å². The number of fused-ring (bicyclic) bond motifs is 1. The van der Waals surface area contributed by atoms with Crippen LogP contribution in [0.4, 0.5) is 0 Å². The van der Waals surface area contributed by atoms with Crippen molar-refractivity contribution in [2.45, 2.75) is 32.0 Å². The maximum Gasteiger partial charge on any atom is 0.309 e. The van der Waals surface area contributed by atoms with Crippen LogP contribution in [0.5, 0.6) is 0 Å². The molecule has 2 fully saturated rings. The molecule has 0 radical (unpaired) electrons. The Balaban J connectivity index is 1.90. The molecule has 4 nitrogen and oxygen atoms in total. The lowest BCUT2D eigenvalue weighted by molar-refractivity contribution is -0.145. The van der Waals surface area contributed by atoms with E-state index in [4.69, 9.17) is 14.2 Å². The fourth-order valence-electron chi connectivity index (χ4n) is 2.47. The lowest BCUT2D eigenvalue weighted by Gasteiger charge is -2.13. The Morgan fingerprint density at radius 2 is 2.29 bits per heavy atom. The van der Waals surface area contributed by atoms with Gasteiger partial charge in [-0.15, -0.1) is 0 Å². The van der Waals surface area contributed by atoms with Crippen LogP contribution in [0.15, 0.2) is 0 Å². The highest BCUT2D eigenvalue weighted by atomic mass is 16.7. The molecule has 80 valence electrons. The molecule has 0 spiro atoms. The lowest BCUT2D eigenvalue weighted by atomic mass is 9.95. The van der Waals surface area contributed by atoms with Crippen molar-refractivity contribution in [2.24, 2.45) is 11.8 Å². The monoisotopic (exact) mass is 200 g/mol. The SMILES string of the molecule is COCOC1CC2C(=O)OC(C)C2C1. The summed E-state index contributed by atoms with van der Waals surface area (Å²) in [7, 11) is 1.60. The summed E-state index contributed by atoms with van der Waals surface area (Å²) in [6.07, 6.45) is 1.93. The van der Waals surface area contributed by atoms with Gasteiger partial charge >= 0.3 is 5.97 Å². The third-order valence-electron chi connectivity index (χ3n) is 3.20. The summed E-state index contributed by atoms with van der Waals surface area (Å²) in [5.74, 6) is 0.363. The highest BCUT2D eigenvalue weighted by molar-refractivity contribution is 5.75. The van der Waals surface area contributed by atoms with Gasteiger partial charge in [0.2, 0.25) is 0 Å². The second-order valence-electron chi connectivity index (χ2n) is 4.08. The van der Waals surface area contributed by atoms with E-state index in [1.165, 1.54) is 0 Å². The molecule has 4 atom stereocenters. The van der Waals surface area contributed by atoms with Crippen LogP contribution in [0.25, 0.3) is 0 Å². The van der Waals surface area contributed by atoms with E-state index >= 15 is 0 Å². The van der Waals surface area contributed by atoms with Crippen molar-refractivity contribution < 1.29 is 19.0 Å². The van der Waals surface area contributed by atoms with Crippen molar-refractivity contribution >= 4 is 5.97 Å². The van der Waals surface area contributed by atoms with Crippen LogP contribution < -0.4 is 0 Å². The summed E-state index contributed by atoms with van der Waals surface area (Å²) in [6.45, 7) is 2.27. The summed E-state index contributed by atoms with van der Waals surface area (Å²) in [4.78, 5) is 11.4. The normalized spacial score (nSPS) is 41.1. The van der Waals surface area contributed by atoms with Crippen LogP contribution in [-0.4, -0.2) is 32.1 Å². The molecule has 1 aliphatic heterocycles. The smallest absolute Gasteiger partial charge is 0.309 e. The van der Waals surface area contributed by atoms with Crippen LogP contribution in [0.2, 0.25) is 0 Å². The Hall–Kier alpha value is -0.610. The van der Waals surface area contributed by atoms with Gasteiger partial charge in [-0.25, -0.2) is 0 Å². The number of esters is 1. The summed E-state index contributed by atoms with van der Waals surface area (Å²) in [6, 6.07) is 0. The van der Waals surface area contributed by atoms with Crippen molar-refractivity contribution in [1.29, 1.82) is 0 Å². The fourth-order valence-corrected chi connectivity index (χ4v) is 2.47. The van der Waals surface area contributed by atoms with E-state index in [1.54, 1.807) is 7.11 Å². The molecule has 0 aromatic heterocycles. The molecule has 4 unspecified atom stereocenters. The van der Waals surface area contributed by atoms with E-state index < -0.39 is 0 Å². The van der Waals surface area contributed by atoms with Crippen LogP contribution >= 0.6 is 0 Å². The molecule has 14 heavy (non-hydrogen) atoms. The number of carbonyl (C=O) groups excluding carboxylic acids is 1. The molecule has 4 heteroatoms. The zero-order chi connectivity index (χ0) is 10.1. The van der Waals surface area contributed by atoms with Crippen molar-refractivity contribution in [3.63, 3.8) is 0 Å². The van der Waals surface area contributed by atoms with E-state index in [0.29, 0.717) is 12.7 Å². The average molecular weight is 200 g/mol. The van der Waals surface area contributed by atoms with Gasteiger partial charge < -0.3 is 14.2 Å². The summed E-state index contributed by atoms with van der Waals surface area (Å²) in [5.41, 5.74) is 0. The first-order valence-corrected chi connectivity index (χ1v) is 5.03. The van der Waals surface area contributed by atoms with Crippen LogP contribution in [0, 0.1) is 11.8 Å². The molecule has 1 saturated heterocycles. The van der Waals surface area contributed by atoms with Gasteiger partial charge in [0.15, 0.2) is 0 Å². The van der Waals surface area contributed by atoms with E-state index in [2.05, 4.69) is 0 Å². The minimum absolute atomic E-state index is 0.0500. The van der Waals surface area contributed by atoms with Gasteiger partial charge in [0, 0.05) is 13.0 Å². The number of cyclic esters (lactones) is 1. The van der Waals surface area contributed by atoms with E-state index in [1.807, 2.05) is 6.92 Å². The highest BCUT2D eigenvalue weighted by Crippen LogP contribution is 2.42. The van der Waals surface area contributed by atoms with Gasteiger partial charge in [0.05, 0.1) is 12.0 Å². The molecular formula is C10H16O4. The van der Waals surface area contributed by atoms with Crippen LogP contribution in [0.3, 0.4) is 0 Å². The third-order valence-corrected chi connectivity index (χ3v) is 3.20. The Morgan fingerprint density at radius 3 is 2.93 bits per heavy atom. The first-order chi connectivity index (χ1) is 6.72. The number of methoxy groups -OCH3 is 1. The molecule has 0 amide bonds. The predicted octanol–water partition coefficient (Wildman–Crippen LogP) is 0.947. The molecule has 2 aliphatic rings. The molecule has 1 heterocycles. The maximum atomic E-state index is 11.4. The first kappa shape index (κ1) is 9.93. The summed E-state index contributed by atoms with van der Waals surface area (Å²) < 4.78 is 15.5. The quantitative estimate of drug-likeness (QED) is 0.502. The van der Waals surface area contributed by atoms with Crippen LogP contribution in [0.1, 0.15) is 19.8 Å². The second kappa shape index (κ2) is 3.87. The lowest BCUT2D eigenvalue weighted by Crippen LogP contribution is -2.16. The second-order valence-corrected chi connectivity index (χ2v) is 4.08. The average Bonchev–Trinajstić information content (AvgIpc) is 2.67. The predicted molar refractivity (Wildman–Crippen MR) is 48.5 cm³/mol. The van der Waals surface area contributed by atoms with E-state index in [9.17, 15) is 4.79 Å². The van der Waals surface area contributed by atoms with E-state index in [0.717, 1.165) is 12.8 Å². The Bertz CT molecular complexity index is 228. The molecule has 0 N–H and O–H groups in total. The van der Waals surface area contributed by atoms with Gasteiger partial charge in [-0.2, -0.15) is 0 Å². The Kier molecular flexibility index (Phi) is 2.74. The zero-order valence-corrected chi connectivity index (χ0v) is 8.56.